The molecular formula is C18H18N2O6S. The number of carbonyl (C=O) groups excluding carboxylic acids is 1. The molecule has 2 aliphatic heterocycles. The first-order valence-electron chi connectivity index (χ1n) is 8.36. The predicted octanol–water partition coefficient (Wildman–Crippen LogP) is 2.03. The minimum absolute atomic E-state index is 0.0109. The van der Waals surface area contributed by atoms with Crippen molar-refractivity contribution in [2.45, 2.75) is 17.9 Å². The van der Waals surface area contributed by atoms with Crippen molar-refractivity contribution in [3.63, 3.8) is 0 Å². The number of nitrogens with zero attached hydrogens (tertiary/aromatic N) is 1. The summed E-state index contributed by atoms with van der Waals surface area (Å²) in [5.74, 6) is 1.18. The number of cyclic esters (lactones) is 1. The largest absolute Gasteiger partial charge is 0.454 e. The molecule has 0 saturated carbocycles. The van der Waals surface area contributed by atoms with Crippen molar-refractivity contribution < 1.29 is 27.4 Å². The van der Waals surface area contributed by atoms with Crippen LogP contribution in [-0.4, -0.2) is 40.5 Å². The molecule has 0 radical (unpaired) electrons. The van der Waals surface area contributed by atoms with Gasteiger partial charge >= 0.3 is 6.09 Å². The third-order valence-corrected chi connectivity index (χ3v) is 5.81. The van der Waals surface area contributed by atoms with Crippen LogP contribution in [0, 0.1) is 6.92 Å². The van der Waals surface area contributed by atoms with Crippen LogP contribution in [0.25, 0.3) is 0 Å². The number of fused-ring (bicyclic) bond motifs is 1. The second-order valence-corrected chi connectivity index (χ2v) is 8.09. The summed E-state index contributed by atoms with van der Waals surface area (Å²) in [6, 6.07) is 11.7. The van der Waals surface area contributed by atoms with Crippen LogP contribution in [0.3, 0.4) is 0 Å². The van der Waals surface area contributed by atoms with Gasteiger partial charge in [-0.25, -0.2) is 17.9 Å². The molecule has 2 heterocycles. The summed E-state index contributed by atoms with van der Waals surface area (Å²) in [5, 5.41) is 0. The summed E-state index contributed by atoms with van der Waals surface area (Å²) < 4.78 is 43.1. The van der Waals surface area contributed by atoms with E-state index in [4.69, 9.17) is 14.2 Å². The van der Waals surface area contributed by atoms with E-state index in [1.165, 1.54) is 17.0 Å². The summed E-state index contributed by atoms with van der Waals surface area (Å²) in [6.45, 7) is 2.25. The van der Waals surface area contributed by atoms with Crippen molar-refractivity contribution >= 4 is 21.8 Å². The molecular weight excluding hydrogens is 372 g/mol. The van der Waals surface area contributed by atoms with Gasteiger partial charge in [-0.15, -0.1) is 0 Å². The number of nitrogens with one attached hydrogen (secondary N) is 1. The van der Waals surface area contributed by atoms with E-state index in [-0.39, 0.29) is 24.8 Å². The number of hydrogen-bond donors (Lipinski definition) is 1. The van der Waals surface area contributed by atoms with Crippen LogP contribution in [0.1, 0.15) is 5.56 Å². The fraction of sp³-hybridized carbons (Fsp3) is 0.278. The number of aryl methyl sites for hydroxylation is 1. The van der Waals surface area contributed by atoms with Crippen LogP contribution in [0.15, 0.2) is 47.4 Å². The Labute approximate surface area is 156 Å². The van der Waals surface area contributed by atoms with Gasteiger partial charge < -0.3 is 14.2 Å². The van der Waals surface area contributed by atoms with Gasteiger partial charge in [-0.05, 0) is 31.2 Å². The molecule has 1 N–H and O–H groups in total. The Morgan fingerprint density at radius 3 is 2.63 bits per heavy atom. The number of ether oxygens (including phenoxy) is 3. The van der Waals surface area contributed by atoms with Crippen LogP contribution < -0.4 is 19.1 Å². The summed E-state index contributed by atoms with van der Waals surface area (Å²) in [5.41, 5.74) is 1.58. The van der Waals surface area contributed by atoms with E-state index < -0.39 is 22.2 Å². The van der Waals surface area contributed by atoms with E-state index in [0.717, 1.165) is 5.56 Å². The molecule has 9 heteroatoms. The van der Waals surface area contributed by atoms with Gasteiger partial charge in [-0.1, -0.05) is 17.7 Å². The number of benzene rings is 2. The van der Waals surface area contributed by atoms with Crippen molar-refractivity contribution in [2.75, 3.05) is 24.8 Å². The topological polar surface area (TPSA) is 94.2 Å². The van der Waals surface area contributed by atoms with E-state index in [9.17, 15) is 13.2 Å². The SMILES string of the molecule is Cc1ccc(S(=O)(=O)NC[C@@H]2CN(c3ccc4c(c3)OCO4)C(=O)O2)cc1. The number of sulfonamides is 1. The summed E-state index contributed by atoms with van der Waals surface area (Å²) in [7, 11) is -3.67. The third-order valence-electron chi connectivity index (χ3n) is 4.37. The molecule has 2 aromatic rings. The maximum atomic E-state index is 12.4. The van der Waals surface area contributed by atoms with Gasteiger partial charge in [-0.3, -0.25) is 4.90 Å². The van der Waals surface area contributed by atoms with Gasteiger partial charge in [0.05, 0.1) is 17.1 Å². The van der Waals surface area contributed by atoms with Crippen molar-refractivity contribution in [1.29, 1.82) is 0 Å². The van der Waals surface area contributed by atoms with Gasteiger partial charge in [0.2, 0.25) is 16.8 Å². The lowest BCUT2D eigenvalue weighted by Gasteiger charge is -2.13. The zero-order valence-corrected chi connectivity index (χ0v) is 15.4. The highest BCUT2D eigenvalue weighted by Gasteiger charge is 2.34. The zero-order valence-electron chi connectivity index (χ0n) is 14.5. The Hall–Kier alpha value is -2.78. The summed E-state index contributed by atoms with van der Waals surface area (Å²) in [4.78, 5) is 13.8. The van der Waals surface area contributed by atoms with Crippen molar-refractivity contribution in [1.82, 2.24) is 4.72 Å². The normalized spacial score (nSPS) is 18.6. The first-order chi connectivity index (χ1) is 12.9. The number of amides is 1. The molecule has 2 aromatic carbocycles. The first-order valence-corrected chi connectivity index (χ1v) is 9.85. The van der Waals surface area contributed by atoms with Crippen LogP contribution in [0.4, 0.5) is 10.5 Å². The third kappa shape index (κ3) is 3.56. The smallest absolute Gasteiger partial charge is 0.414 e. The first kappa shape index (κ1) is 17.6. The predicted molar refractivity (Wildman–Crippen MR) is 96.5 cm³/mol. The highest BCUT2D eigenvalue weighted by Crippen LogP contribution is 2.36. The molecule has 142 valence electrons. The molecule has 1 atom stereocenters. The maximum absolute atomic E-state index is 12.4. The van der Waals surface area contributed by atoms with E-state index in [1.807, 2.05) is 6.92 Å². The Balaban J connectivity index is 1.41. The minimum Gasteiger partial charge on any atom is -0.454 e. The van der Waals surface area contributed by atoms with Gasteiger partial charge in [0.1, 0.15) is 6.10 Å². The lowest BCUT2D eigenvalue weighted by molar-refractivity contribution is 0.143. The Kier molecular flexibility index (Phi) is 4.40. The highest BCUT2D eigenvalue weighted by atomic mass is 32.2. The second-order valence-electron chi connectivity index (χ2n) is 6.32. The molecule has 4 rings (SSSR count). The molecule has 27 heavy (non-hydrogen) atoms. The van der Waals surface area contributed by atoms with Crippen LogP contribution in [0.5, 0.6) is 11.5 Å². The molecule has 1 fully saturated rings. The fourth-order valence-corrected chi connectivity index (χ4v) is 3.96. The zero-order chi connectivity index (χ0) is 19.0. The van der Waals surface area contributed by atoms with Gasteiger partial charge in [0.15, 0.2) is 11.5 Å². The minimum atomic E-state index is -3.67. The standard InChI is InChI=1S/C18H18N2O6S/c1-12-2-5-15(6-3-12)27(22,23)19-9-14-10-20(18(21)26-14)13-4-7-16-17(8-13)25-11-24-16/h2-8,14,19H,9-11H2,1H3/t14-/m1/s1. The Morgan fingerprint density at radius 2 is 1.85 bits per heavy atom. The lowest BCUT2D eigenvalue weighted by Crippen LogP contribution is -2.34. The number of hydrogen-bond acceptors (Lipinski definition) is 6. The second kappa shape index (κ2) is 6.75. The number of rotatable bonds is 5. The molecule has 0 spiro atoms. The van der Waals surface area contributed by atoms with Crippen LogP contribution >= 0.6 is 0 Å². The molecule has 2 aliphatic rings. The van der Waals surface area contributed by atoms with E-state index in [1.54, 1.807) is 30.3 Å². The molecule has 0 aliphatic carbocycles. The summed E-state index contributed by atoms with van der Waals surface area (Å²) >= 11 is 0. The maximum Gasteiger partial charge on any atom is 0.414 e. The van der Waals surface area contributed by atoms with Gasteiger partial charge in [-0.2, -0.15) is 0 Å². The molecule has 1 amide bonds. The van der Waals surface area contributed by atoms with E-state index in [0.29, 0.717) is 17.2 Å². The number of anilines is 1. The summed E-state index contributed by atoms with van der Waals surface area (Å²) in [6.07, 6.45) is -1.13. The van der Waals surface area contributed by atoms with Crippen molar-refractivity contribution in [3.05, 3.63) is 48.0 Å². The molecule has 0 aromatic heterocycles. The molecule has 1 saturated heterocycles. The average molecular weight is 390 g/mol. The molecule has 8 nitrogen and oxygen atoms in total. The Bertz CT molecular complexity index is 974. The van der Waals surface area contributed by atoms with Crippen molar-refractivity contribution in [3.8, 4) is 11.5 Å². The van der Waals surface area contributed by atoms with Gasteiger partial charge in [0, 0.05) is 12.6 Å². The Morgan fingerprint density at radius 1 is 1.11 bits per heavy atom. The monoisotopic (exact) mass is 390 g/mol. The van der Waals surface area contributed by atoms with Crippen LogP contribution in [0.2, 0.25) is 0 Å². The lowest BCUT2D eigenvalue weighted by atomic mass is 10.2. The molecule has 0 bridgehead atoms. The quantitative estimate of drug-likeness (QED) is 0.840. The van der Waals surface area contributed by atoms with Crippen LogP contribution in [-0.2, 0) is 14.8 Å². The van der Waals surface area contributed by atoms with Crippen molar-refractivity contribution in [2.24, 2.45) is 0 Å². The van der Waals surface area contributed by atoms with E-state index in [2.05, 4.69) is 4.72 Å². The average Bonchev–Trinajstić information content (AvgIpc) is 3.26. The number of carbonyl (C=O) groups is 1. The fourth-order valence-electron chi connectivity index (χ4n) is 2.90. The van der Waals surface area contributed by atoms with E-state index >= 15 is 0 Å². The molecule has 0 unspecified atom stereocenters. The van der Waals surface area contributed by atoms with Gasteiger partial charge in [0.25, 0.3) is 0 Å². The highest BCUT2D eigenvalue weighted by molar-refractivity contribution is 7.89.